The van der Waals surface area contributed by atoms with Crippen LogP contribution in [0.4, 0.5) is 0 Å². The van der Waals surface area contributed by atoms with Crippen LogP contribution in [0.15, 0.2) is 23.8 Å². The molecule has 7 nitrogen and oxygen atoms in total. The number of hydrogen-bond donors (Lipinski definition) is 4. The van der Waals surface area contributed by atoms with Crippen molar-refractivity contribution in [1.29, 1.82) is 0 Å². The van der Waals surface area contributed by atoms with Crippen molar-refractivity contribution in [2.45, 2.75) is 90.1 Å². The van der Waals surface area contributed by atoms with Gasteiger partial charge in [-0.05, 0) is 43.1 Å². The van der Waals surface area contributed by atoms with Crippen LogP contribution in [0.5, 0.6) is 0 Å². The zero-order chi connectivity index (χ0) is 23.1. The van der Waals surface area contributed by atoms with E-state index in [1.807, 2.05) is 26.0 Å². The number of carbonyl (C=O) groups excluding carboxylic acids is 1. The quantitative estimate of drug-likeness (QED) is 0.366. The predicted octanol–water partition coefficient (Wildman–Crippen LogP) is 2.83. The maximum Gasteiger partial charge on any atom is 0.308 e. The molecule has 0 aliphatic heterocycles. The maximum atomic E-state index is 12.6. The lowest BCUT2D eigenvalue weighted by molar-refractivity contribution is -0.159. The number of fused-ring (bicyclic) bond motifs is 1. The van der Waals surface area contributed by atoms with E-state index in [4.69, 9.17) is 9.84 Å². The Morgan fingerprint density at radius 3 is 2.58 bits per heavy atom. The number of aliphatic hydroxyl groups excluding tert-OH is 3. The summed E-state index contributed by atoms with van der Waals surface area (Å²) in [7, 11) is 0. The van der Waals surface area contributed by atoms with Crippen molar-refractivity contribution in [3.8, 4) is 0 Å². The number of aliphatic carboxylic acids is 1. The Morgan fingerprint density at radius 1 is 1.23 bits per heavy atom. The Balaban J connectivity index is 2.09. The molecule has 0 aromatic heterocycles. The van der Waals surface area contributed by atoms with E-state index in [1.54, 1.807) is 0 Å². The van der Waals surface area contributed by atoms with Gasteiger partial charge in [-0.2, -0.15) is 0 Å². The number of rotatable bonds is 11. The molecule has 8 atom stereocenters. The molecule has 2 aliphatic rings. The van der Waals surface area contributed by atoms with Crippen molar-refractivity contribution in [3.63, 3.8) is 0 Å². The van der Waals surface area contributed by atoms with Gasteiger partial charge in [-0.25, -0.2) is 0 Å². The second-order valence-electron chi connectivity index (χ2n) is 9.26. The van der Waals surface area contributed by atoms with Crippen LogP contribution in [0.3, 0.4) is 0 Å². The second-order valence-corrected chi connectivity index (χ2v) is 9.26. The molecule has 176 valence electrons. The minimum absolute atomic E-state index is 0.0161. The average molecular weight is 439 g/mol. The summed E-state index contributed by atoms with van der Waals surface area (Å²) in [6.45, 7) is 5.98. The molecule has 0 saturated carbocycles. The first-order valence-electron chi connectivity index (χ1n) is 11.5. The van der Waals surface area contributed by atoms with E-state index in [0.717, 1.165) is 18.4 Å². The molecule has 0 aromatic rings. The summed E-state index contributed by atoms with van der Waals surface area (Å²) in [5, 5.41) is 39.2. The Kier molecular flexibility index (Phi) is 9.72. The summed E-state index contributed by atoms with van der Waals surface area (Å²) < 4.78 is 5.90. The van der Waals surface area contributed by atoms with Crippen LogP contribution >= 0.6 is 0 Å². The number of allylic oxidation sites excluding steroid dienone is 2. The van der Waals surface area contributed by atoms with Gasteiger partial charge in [0, 0.05) is 12.3 Å². The average Bonchev–Trinajstić information content (AvgIpc) is 2.66. The minimum Gasteiger partial charge on any atom is -0.481 e. The van der Waals surface area contributed by atoms with Gasteiger partial charge in [0.1, 0.15) is 6.10 Å². The van der Waals surface area contributed by atoms with Gasteiger partial charge in [-0.3, -0.25) is 9.59 Å². The van der Waals surface area contributed by atoms with Crippen LogP contribution in [0.1, 0.15) is 65.7 Å². The molecule has 0 spiro atoms. The summed E-state index contributed by atoms with van der Waals surface area (Å²) in [5.41, 5.74) is 0.961. The van der Waals surface area contributed by atoms with Crippen LogP contribution in [0, 0.1) is 23.7 Å². The van der Waals surface area contributed by atoms with E-state index in [-0.39, 0.29) is 42.5 Å². The fourth-order valence-corrected chi connectivity index (χ4v) is 4.90. The van der Waals surface area contributed by atoms with Gasteiger partial charge in [0.05, 0.1) is 30.7 Å². The lowest BCUT2D eigenvalue weighted by Crippen LogP contribution is -2.43. The third-order valence-corrected chi connectivity index (χ3v) is 6.55. The predicted molar refractivity (Wildman–Crippen MR) is 116 cm³/mol. The van der Waals surface area contributed by atoms with E-state index < -0.39 is 30.4 Å². The highest BCUT2D eigenvalue weighted by Crippen LogP contribution is 2.44. The minimum atomic E-state index is -1.09. The molecule has 0 radical (unpaired) electrons. The summed E-state index contributed by atoms with van der Waals surface area (Å²) in [4.78, 5) is 23.3. The SMILES string of the molecule is CCC[C@H](C)C(=O)O[C@H]1C[C@H](O)C=C2C=C[C@H](C)[C@H](CC[C@@H](O)C[C@H](O)CC(=O)O)[C@H]21. The molecule has 0 amide bonds. The number of aliphatic hydroxyl groups is 3. The molecule has 2 rings (SSSR count). The van der Waals surface area contributed by atoms with Crippen LogP contribution in [-0.4, -0.2) is 56.8 Å². The van der Waals surface area contributed by atoms with Crippen molar-refractivity contribution in [1.82, 2.24) is 0 Å². The Labute approximate surface area is 184 Å². The molecule has 0 fully saturated rings. The van der Waals surface area contributed by atoms with Crippen LogP contribution < -0.4 is 0 Å². The molecule has 0 saturated heterocycles. The fourth-order valence-electron chi connectivity index (χ4n) is 4.90. The summed E-state index contributed by atoms with van der Waals surface area (Å²) in [5.74, 6) is -1.28. The van der Waals surface area contributed by atoms with Gasteiger partial charge in [0.15, 0.2) is 0 Å². The highest BCUT2D eigenvalue weighted by molar-refractivity contribution is 5.72. The highest BCUT2D eigenvalue weighted by atomic mass is 16.5. The molecule has 31 heavy (non-hydrogen) atoms. The molecule has 0 unspecified atom stereocenters. The molecule has 0 bridgehead atoms. The largest absolute Gasteiger partial charge is 0.481 e. The lowest BCUT2D eigenvalue weighted by Gasteiger charge is -2.43. The summed E-state index contributed by atoms with van der Waals surface area (Å²) in [6, 6.07) is 0. The van der Waals surface area contributed by atoms with E-state index >= 15 is 0 Å². The van der Waals surface area contributed by atoms with Gasteiger partial charge in [-0.15, -0.1) is 0 Å². The number of carboxylic acids is 1. The number of ether oxygens (including phenoxy) is 1. The third-order valence-electron chi connectivity index (χ3n) is 6.55. The first kappa shape index (κ1) is 25.6. The van der Waals surface area contributed by atoms with Crippen LogP contribution in [-0.2, 0) is 14.3 Å². The number of carbonyl (C=O) groups is 2. The third kappa shape index (κ3) is 7.44. The highest BCUT2D eigenvalue weighted by Gasteiger charge is 2.42. The molecular weight excluding hydrogens is 400 g/mol. The standard InChI is InChI=1S/C24H38O7/c1-4-5-15(3)24(30)31-21-12-18(26)10-16-7-6-14(2)20(23(16)21)9-8-17(25)11-19(27)13-22(28)29/h6-7,10,14-15,17-21,23,25-27H,4-5,8-9,11-13H2,1-3H3,(H,28,29)/t14-,15-,17+,18+,19-,20-,21-,23-/m0/s1. The van der Waals surface area contributed by atoms with Crippen molar-refractivity contribution < 1.29 is 34.8 Å². The summed E-state index contributed by atoms with van der Waals surface area (Å²) in [6.07, 6.45) is 5.62. The van der Waals surface area contributed by atoms with E-state index in [9.17, 15) is 24.9 Å². The second kappa shape index (κ2) is 11.8. The molecule has 2 aliphatic carbocycles. The van der Waals surface area contributed by atoms with Gasteiger partial charge in [-0.1, -0.05) is 45.4 Å². The van der Waals surface area contributed by atoms with E-state index in [0.29, 0.717) is 19.3 Å². The summed E-state index contributed by atoms with van der Waals surface area (Å²) >= 11 is 0. The first-order valence-corrected chi connectivity index (χ1v) is 11.5. The van der Waals surface area contributed by atoms with Crippen LogP contribution in [0.2, 0.25) is 0 Å². The molecule has 7 heteroatoms. The van der Waals surface area contributed by atoms with Gasteiger partial charge in [0.2, 0.25) is 0 Å². The smallest absolute Gasteiger partial charge is 0.308 e. The first-order chi connectivity index (χ1) is 14.6. The fraction of sp³-hybridized carbons (Fsp3) is 0.750. The van der Waals surface area contributed by atoms with Gasteiger partial charge in [0.25, 0.3) is 0 Å². The Morgan fingerprint density at radius 2 is 1.94 bits per heavy atom. The van der Waals surface area contributed by atoms with Crippen molar-refractivity contribution >= 4 is 11.9 Å². The van der Waals surface area contributed by atoms with Gasteiger partial charge >= 0.3 is 11.9 Å². The zero-order valence-corrected chi connectivity index (χ0v) is 18.8. The number of esters is 1. The van der Waals surface area contributed by atoms with Crippen molar-refractivity contribution in [2.24, 2.45) is 23.7 Å². The Hall–Kier alpha value is -1.70. The normalized spacial score (nSPS) is 30.6. The van der Waals surface area contributed by atoms with Crippen LogP contribution in [0.25, 0.3) is 0 Å². The maximum absolute atomic E-state index is 12.6. The monoisotopic (exact) mass is 438 g/mol. The van der Waals surface area contributed by atoms with Crippen molar-refractivity contribution in [2.75, 3.05) is 0 Å². The topological polar surface area (TPSA) is 124 Å². The van der Waals surface area contributed by atoms with Crippen molar-refractivity contribution in [3.05, 3.63) is 23.8 Å². The van der Waals surface area contributed by atoms with E-state index in [1.165, 1.54) is 0 Å². The lowest BCUT2D eigenvalue weighted by atomic mass is 9.66. The number of carboxylic acid groups (broad SMARTS) is 1. The van der Waals surface area contributed by atoms with E-state index in [2.05, 4.69) is 13.0 Å². The molecule has 0 heterocycles. The molecular formula is C24H38O7. The molecule has 0 aromatic carbocycles. The van der Waals surface area contributed by atoms with Gasteiger partial charge < -0.3 is 25.2 Å². The Bertz CT molecular complexity index is 671. The zero-order valence-electron chi connectivity index (χ0n) is 18.8. The molecule has 4 N–H and O–H groups in total. The number of hydrogen-bond acceptors (Lipinski definition) is 6.